The Labute approximate surface area is 187 Å². The van der Waals surface area contributed by atoms with Crippen molar-refractivity contribution in [1.29, 1.82) is 0 Å². The zero-order valence-corrected chi connectivity index (χ0v) is 18.2. The Morgan fingerprint density at radius 3 is 2.31 bits per heavy atom. The summed E-state index contributed by atoms with van der Waals surface area (Å²) in [7, 11) is 1.70. The molecule has 0 spiro atoms. The van der Waals surface area contributed by atoms with Gasteiger partial charge >= 0.3 is 0 Å². The third-order valence-corrected chi connectivity index (χ3v) is 6.04. The van der Waals surface area contributed by atoms with Gasteiger partial charge in [-0.15, -0.1) is 0 Å². The Hall–Kier alpha value is -3.20. The van der Waals surface area contributed by atoms with Gasteiger partial charge in [0.25, 0.3) is 5.78 Å². The summed E-state index contributed by atoms with van der Waals surface area (Å²) in [6.07, 6.45) is 0.819. The summed E-state index contributed by atoms with van der Waals surface area (Å²) in [5.74, 6) is 0.298. The van der Waals surface area contributed by atoms with Crippen molar-refractivity contribution >= 4 is 17.3 Å². The molecule has 0 unspecified atom stereocenters. The third-order valence-electron chi connectivity index (χ3n) is 6.04. The molecule has 1 aliphatic carbocycles. The number of hydrogen-bond donors (Lipinski definition) is 3. The van der Waals surface area contributed by atoms with Crippen LogP contribution in [-0.2, 0) is 0 Å². The summed E-state index contributed by atoms with van der Waals surface area (Å²) in [5, 5.41) is 12.7. The second-order valence-corrected chi connectivity index (χ2v) is 7.90. The number of nitrogens with two attached hydrogens (primary N) is 1. The van der Waals surface area contributed by atoms with Crippen LogP contribution in [0.5, 0.6) is 5.75 Å². The van der Waals surface area contributed by atoms with Crippen LogP contribution >= 0.6 is 0 Å². The second-order valence-electron chi connectivity index (χ2n) is 7.90. The van der Waals surface area contributed by atoms with Crippen LogP contribution in [0.1, 0.15) is 27.1 Å². The molecule has 0 amide bonds. The number of para-hydroxylation sites is 2. The average molecular weight is 438 g/mol. The summed E-state index contributed by atoms with van der Waals surface area (Å²) in [4.78, 5) is 30.2. The minimum Gasteiger partial charge on any atom is -0.495 e. The van der Waals surface area contributed by atoms with E-state index in [2.05, 4.69) is 21.2 Å². The topological polar surface area (TPSA) is 98.7 Å². The predicted octanol–water partition coefficient (Wildman–Crippen LogP) is 1.04. The fourth-order valence-electron chi connectivity index (χ4n) is 4.31. The van der Waals surface area contributed by atoms with E-state index in [1.807, 2.05) is 18.2 Å². The zero-order chi connectivity index (χ0) is 22.5. The monoisotopic (exact) mass is 437 g/mol. The van der Waals surface area contributed by atoms with Crippen molar-refractivity contribution in [3.63, 3.8) is 0 Å². The number of quaternary nitrogens is 1. The molecule has 0 aromatic heterocycles. The van der Waals surface area contributed by atoms with Crippen molar-refractivity contribution in [2.24, 2.45) is 0 Å². The van der Waals surface area contributed by atoms with Gasteiger partial charge in [-0.2, -0.15) is 5.48 Å². The fourth-order valence-corrected chi connectivity index (χ4v) is 4.31. The van der Waals surface area contributed by atoms with Crippen molar-refractivity contribution in [3.8, 4) is 5.75 Å². The largest absolute Gasteiger partial charge is 0.495 e. The number of nitrogens with one attached hydrogen (secondary N) is 1. The summed E-state index contributed by atoms with van der Waals surface area (Å²) >= 11 is 0. The van der Waals surface area contributed by atoms with Crippen LogP contribution in [-0.4, -0.2) is 68.1 Å². The predicted molar refractivity (Wildman–Crippen MR) is 120 cm³/mol. The Kier molecular flexibility index (Phi) is 6.84. The van der Waals surface area contributed by atoms with Crippen LogP contribution in [0.4, 0.5) is 5.69 Å². The van der Waals surface area contributed by atoms with E-state index < -0.39 is 0 Å². The molecule has 8 nitrogen and oxygen atoms in total. The zero-order valence-electron chi connectivity index (χ0n) is 18.2. The first-order chi connectivity index (χ1) is 15.6. The van der Waals surface area contributed by atoms with Gasteiger partial charge in [-0.25, -0.2) is 5.21 Å². The molecule has 0 atom stereocenters. The molecule has 2 aliphatic rings. The minimum atomic E-state index is -0.335. The molecule has 1 aliphatic heterocycles. The molecule has 168 valence electrons. The van der Waals surface area contributed by atoms with Crippen LogP contribution in [0.3, 0.4) is 0 Å². The number of nitrogens with zero attached hydrogens (tertiary/aromatic N) is 2. The average Bonchev–Trinajstić information content (AvgIpc) is 2.85. The molecule has 2 aromatic carbocycles. The van der Waals surface area contributed by atoms with E-state index in [1.54, 1.807) is 31.4 Å². The molecule has 8 heteroatoms. The molecule has 32 heavy (non-hydrogen) atoms. The first-order valence-corrected chi connectivity index (χ1v) is 10.9. The molecule has 4 N–H and O–H groups in total. The number of ether oxygens (including phenoxy) is 1. The summed E-state index contributed by atoms with van der Waals surface area (Å²) in [5.41, 5.74) is 2.76. The number of hydroxylamine groups is 1. The van der Waals surface area contributed by atoms with E-state index in [1.165, 1.54) is 0 Å². The first-order valence-electron chi connectivity index (χ1n) is 10.9. The van der Waals surface area contributed by atoms with Gasteiger partial charge < -0.3 is 15.0 Å². The normalized spacial score (nSPS) is 16.9. The number of fused-ring (bicyclic) bond motifs is 1. The molecular weight excluding hydrogens is 408 g/mol. The van der Waals surface area contributed by atoms with Crippen molar-refractivity contribution in [2.75, 3.05) is 51.3 Å². The number of allylic oxidation sites excluding steroid dienone is 2. The number of benzene rings is 2. The van der Waals surface area contributed by atoms with E-state index in [9.17, 15) is 14.8 Å². The molecule has 2 aromatic rings. The van der Waals surface area contributed by atoms with Crippen LogP contribution in [0, 0.1) is 0 Å². The Bertz CT molecular complexity index is 1030. The maximum Gasteiger partial charge on any atom is 0.252 e. The lowest BCUT2D eigenvalue weighted by Crippen LogP contribution is -2.81. The number of carbonyl (C=O) groups excluding carboxylic acids is 2. The maximum absolute atomic E-state index is 12.8. The number of piperazine rings is 1. The van der Waals surface area contributed by atoms with Crippen LogP contribution < -0.4 is 20.4 Å². The maximum atomic E-state index is 12.8. The molecule has 4 rings (SSSR count). The number of rotatable bonds is 8. The Morgan fingerprint density at radius 1 is 0.969 bits per heavy atom. The molecule has 0 saturated carbocycles. The van der Waals surface area contributed by atoms with E-state index in [4.69, 9.17) is 4.74 Å². The summed E-state index contributed by atoms with van der Waals surface area (Å²) in [6, 6.07) is 14.8. The van der Waals surface area contributed by atoms with Crippen molar-refractivity contribution in [1.82, 2.24) is 10.2 Å². The standard InChI is InChI=1S/C24H28N4O4/c1-32-20-10-5-4-9-19(20)28-15-13-27(14-16-28)12-6-11-25-21-22(26-31)24(30)18-8-3-2-7-17(18)23(21)29/h2-5,7-10,25-26,31H,6,11-16H2,1H3/p+1. The molecule has 0 bridgehead atoms. The SMILES string of the molecule is COc1ccccc1N1CCN(CCCNC2=C([NH2+]O)C(=O)c3ccccc3C2=O)CC1. The highest BCUT2D eigenvalue weighted by molar-refractivity contribution is 6.25. The van der Waals surface area contributed by atoms with Gasteiger partial charge in [-0.05, 0) is 25.1 Å². The van der Waals surface area contributed by atoms with Crippen LogP contribution in [0.25, 0.3) is 0 Å². The smallest absolute Gasteiger partial charge is 0.252 e. The molecule has 1 saturated heterocycles. The lowest BCUT2D eigenvalue weighted by Gasteiger charge is -2.36. The highest BCUT2D eigenvalue weighted by Crippen LogP contribution is 2.28. The van der Waals surface area contributed by atoms with Gasteiger partial charge in [-0.1, -0.05) is 36.4 Å². The number of Topliss-reactive ketones (excluding diaryl/α,β-unsaturated/α-hetero) is 2. The summed E-state index contributed by atoms with van der Waals surface area (Å²) in [6.45, 7) is 5.17. The highest BCUT2D eigenvalue weighted by Gasteiger charge is 2.35. The van der Waals surface area contributed by atoms with Gasteiger partial charge in [0.2, 0.25) is 11.5 Å². The van der Waals surface area contributed by atoms with Gasteiger partial charge in [-0.3, -0.25) is 14.5 Å². The highest BCUT2D eigenvalue weighted by atomic mass is 16.5. The summed E-state index contributed by atoms with van der Waals surface area (Å²) < 4.78 is 5.48. The quantitative estimate of drug-likeness (QED) is 0.419. The number of ketones is 2. The molecular formula is C24H29N4O4+. The minimum absolute atomic E-state index is 0.0270. The van der Waals surface area contributed by atoms with Gasteiger partial charge in [0.15, 0.2) is 5.70 Å². The molecule has 0 radical (unpaired) electrons. The number of anilines is 1. The van der Waals surface area contributed by atoms with E-state index >= 15 is 0 Å². The lowest BCUT2D eigenvalue weighted by molar-refractivity contribution is -0.846. The van der Waals surface area contributed by atoms with Gasteiger partial charge in [0.1, 0.15) is 5.75 Å². The first kappa shape index (κ1) is 22.0. The number of methoxy groups -OCH3 is 1. The molecule has 1 heterocycles. The Balaban J connectivity index is 1.29. The number of hydrogen-bond acceptors (Lipinski definition) is 7. The number of carbonyl (C=O) groups is 2. The van der Waals surface area contributed by atoms with Gasteiger partial charge in [0, 0.05) is 43.9 Å². The lowest BCUT2D eigenvalue weighted by atomic mass is 9.90. The van der Waals surface area contributed by atoms with Crippen molar-refractivity contribution < 1.29 is 25.0 Å². The van der Waals surface area contributed by atoms with Gasteiger partial charge in [0.05, 0.1) is 12.8 Å². The van der Waals surface area contributed by atoms with Crippen LogP contribution in [0.2, 0.25) is 0 Å². The fraction of sp³-hybridized carbons (Fsp3) is 0.333. The van der Waals surface area contributed by atoms with Crippen molar-refractivity contribution in [2.45, 2.75) is 6.42 Å². The Morgan fingerprint density at radius 2 is 1.62 bits per heavy atom. The molecule has 1 fully saturated rings. The van der Waals surface area contributed by atoms with Crippen LogP contribution in [0.15, 0.2) is 59.9 Å². The van der Waals surface area contributed by atoms with E-state index in [-0.39, 0.29) is 23.0 Å². The third kappa shape index (κ3) is 4.38. The van der Waals surface area contributed by atoms with E-state index in [0.717, 1.165) is 56.1 Å². The second kappa shape index (κ2) is 9.95. The van der Waals surface area contributed by atoms with Crippen molar-refractivity contribution in [3.05, 3.63) is 71.1 Å². The van der Waals surface area contributed by atoms with E-state index in [0.29, 0.717) is 17.7 Å².